The summed E-state index contributed by atoms with van der Waals surface area (Å²) >= 11 is 1.68. The van der Waals surface area contributed by atoms with Crippen LogP contribution in [0.1, 0.15) is 6.92 Å². The van der Waals surface area contributed by atoms with Crippen molar-refractivity contribution in [3.63, 3.8) is 0 Å². The zero-order valence-corrected chi connectivity index (χ0v) is 11.4. The third-order valence-corrected chi connectivity index (χ3v) is 3.37. The van der Waals surface area contributed by atoms with Crippen molar-refractivity contribution in [2.24, 2.45) is 0 Å². The van der Waals surface area contributed by atoms with Crippen molar-refractivity contribution in [2.45, 2.75) is 16.7 Å². The molecule has 0 unspecified atom stereocenters. The number of hydrogen-bond acceptors (Lipinski definition) is 3. The summed E-state index contributed by atoms with van der Waals surface area (Å²) in [6, 6.07) is 17.8. The van der Waals surface area contributed by atoms with Gasteiger partial charge in [-0.3, -0.25) is 5.32 Å². The SMILES string of the molecule is CCOC(=O)Nc1ccc(Sc2ccccc2)cc1. The molecule has 4 heteroatoms. The second-order valence-electron chi connectivity index (χ2n) is 3.78. The molecule has 98 valence electrons. The Balaban J connectivity index is 1.97. The number of nitrogens with one attached hydrogen (secondary N) is 1. The zero-order chi connectivity index (χ0) is 13.5. The van der Waals surface area contributed by atoms with E-state index in [0.29, 0.717) is 6.61 Å². The Morgan fingerprint density at radius 1 is 1.05 bits per heavy atom. The second-order valence-corrected chi connectivity index (χ2v) is 4.93. The van der Waals surface area contributed by atoms with Crippen molar-refractivity contribution >= 4 is 23.5 Å². The van der Waals surface area contributed by atoms with E-state index >= 15 is 0 Å². The predicted octanol–water partition coefficient (Wildman–Crippen LogP) is 4.41. The van der Waals surface area contributed by atoms with Crippen molar-refractivity contribution in [3.05, 3.63) is 54.6 Å². The Hall–Kier alpha value is -1.94. The Labute approximate surface area is 117 Å². The molecule has 0 heterocycles. The molecule has 2 aromatic carbocycles. The lowest BCUT2D eigenvalue weighted by molar-refractivity contribution is 0.168. The average Bonchev–Trinajstić information content (AvgIpc) is 2.42. The fourth-order valence-electron chi connectivity index (χ4n) is 1.52. The molecular formula is C15H15NO2S. The smallest absolute Gasteiger partial charge is 0.411 e. The van der Waals surface area contributed by atoms with Crippen LogP contribution in [0.5, 0.6) is 0 Å². The molecule has 0 bridgehead atoms. The largest absolute Gasteiger partial charge is 0.450 e. The number of ether oxygens (including phenoxy) is 1. The van der Waals surface area contributed by atoms with Gasteiger partial charge in [0.2, 0.25) is 0 Å². The molecule has 0 atom stereocenters. The maximum Gasteiger partial charge on any atom is 0.411 e. The van der Waals surface area contributed by atoms with E-state index in [1.165, 1.54) is 4.90 Å². The van der Waals surface area contributed by atoms with E-state index in [2.05, 4.69) is 17.4 Å². The van der Waals surface area contributed by atoms with Crippen LogP contribution in [0.4, 0.5) is 10.5 Å². The topological polar surface area (TPSA) is 38.3 Å². The first-order valence-electron chi connectivity index (χ1n) is 6.04. The highest BCUT2D eigenvalue weighted by Crippen LogP contribution is 2.28. The van der Waals surface area contributed by atoms with Crippen LogP contribution in [0, 0.1) is 0 Å². The summed E-state index contributed by atoms with van der Waals surface area (Å²) in [5.74, 6) is 0. The molecule has 2 aromatic rings. The van der Waals surface area contributed by atoms with Gasteiger partial charge in [0.15, 0.2) is 0 Å². The quantitative estimate of drug-likeness (QED) is 0.897. The molecule has 1 N–H and O–H groups in total. The predicted molar refractivity (Wildman–Crippen MR) is 77.7 cm³/mol. The molecule has 0 radical (unpaired) electrons. The highest BCUT2D eigenvalue weighted by Gasteiger charge is 2.02. The Bertz CT molecular complexity index is 526. The third kappa shape index (κ3) is 4.34. The molecule has 0 spiro atoms. The number of rotatable bonds is 4. The van der Waals surface area contributed by atoms with E-state index in [0.717, 1.165) is 10.6 Å². The summed E-state index contributed by atoms with van der Waals surface area (Å²) in [6.07, 6.45) is -0.425. The molecule has 0 aliphatic carbocycles. The summed E-state index contributed by atoms with van der Waals surface area (Å²) in [4.78, 5) is 13.6. The van der Waals surface area contributed by atoms with Gasteiger partial charge >= 0.3 is 6.09 Å². The van der Waals surface area contributed by atoms with Gasteiger partial charge in [-0.15, -0.1) is 0 Å². The number of carbonyl (C=O) groups excluding carboxylic acids is 1. The van der Waals surface area contributed by atoms with Gasteiger partial charge < -0.3 is 4.74 Å². The van der Waals surface area contributed by atoms with Gasteiger partial charge in [0, 0.05) is 15.5 Å². The van der Waals surface area contributed by atoms with E-state index in [1.54, 1.807) is 18.7 Å². The molecule has 0 saturated carbocycles. The summed E-state index contributed by atoms with van der Waals surface area (Å²) in [7, 11) is 0. The fraction of sp³-hybridized carbons (Fsp3) is 0.133. The van der Waals surface area contributed by atoms with Gasteiger partial charge in [-0.05, 0) is 43.3 Å². The van der Waals surface area contributed by atoms with Crippen molar-refractivity contribution in [3.8, 4) is 0 Å². The molecule has 0 aliphatic rings. The maximum atomic E-state index is 11.2. The van der Waals surface area contributed by atoms with Gasteiger partial charge in [0.05, 0.1) is 6.61 Å². The molecule has 19 heavy (non-hydrogen) atoms. The summed E-state index contributed by atoms with van der Waals surface area (Å²) in [5.41, 5.74) is 0.732. The normalized spacial score (nSPS) is 9.95. The molecular weight excluding hydrogens is 258 g/mol. The molecule has 2 rings (SSSR count). The van der Waals surface area contributed by atoms with Crippen molar-refractivity contribution in [1.82, 2.24) is 0 Å². The first-order chi connectivity index (χ1) is 9.28. The minimum atomic E-state index is -0.425. The van der Waals surface area contributed by atoms with Crippen LogP contribution in [0.2, 0.25) is 0 Å². The molecule has 3 nitrogen and oxygen atoms in total. The average molecular weight is 273 g/mol. The summed E-state index contributed by atoms with van der Waals surface area (Å²) < 4.78 is 4.82. The van der Waals surface area contributed by atoms with E-state index in [4.69, 9.17) is 4.74 Å². The van der Waals surface area contributed by atoms with Crippen LogP contribution in [0.25, 0.3) is 0 Å². The van der Waals surface area contributed by atoms with Gasteiger partial charge in [-0.2, -0.15) is 0 Å². The molecule has 1 amide bonds. The van der Waals surface area contributed by atoms with E-state index < -0.39 is 6.09 Å². The van der Waals surface area contributed by atoms with E-state index in [-0.39, 0.29) is 0 Å². The van der Waals surface area contributed by atoms with Crippen LogP contribution >= 0.6 is 11.8 Å². The van der Waals surface area contributed by atoms with E-state index in [1.807, 2.05) is 42.5 Å². The standard InChI is InChI=1S/C15H15NO2S/c1-2-18-15(17)16-12-8-10-14(11-9-12)19-13-6-4-3-5-7-13/h3-11H,2H2,1H3,(H,16,17). The van der Waals surface area contributed by atoms with E-state index in [9.17, 15) is 4.79 Å². The lowest BCUT2D eigenvalue weighted by atomic mass is 10.3. The van der Waals surface area contributed by atoms with Crippen LogP contribution in [-0.4, -0.2) is 12.7 Å². The minimum absolute atomic E-state index is 0.369. The van der Waals surface area contributed by atoms with Gasteiger partial charge in [-0.1, -0.05) is 30.0 Å². The Morgan fingerprint density at radius 2 is 1.68 bits per heavy atom. The fourth-order valence-corrected chi connectivity index (χ4v) is 2.35. The lowest BCUT2D eigenvalue weighted by Crippen LogP contribution is -2.12. The van der Waals surface area contributed by atoms with Crippen LogP contribution in [0.15, 0.2) is 64.4 Å². The zero-order valence-electron chi connectivity index (χ0n) is 10.6. The van der Waals surface area contributed by atoms with Crippen LogP contribution in [-0.2, 0) is 4.74 Å². The van der Waals surface area contributed by atoms with Crippen LogP contribution < -0.4 is 5.32 Å². The second kappa shape index (κ2) is 6.85. The highest BCUT2D eigenvalue weighted by atomic mass is 32.2. The van der Waals surface area contributed by atoms with Crippen molar-refractivity contribution in [1.29, 1.82) is 0 Å². The molecule has 0 fully saturated rings. The highest BCUT2D eigenvalue weighted by molar-refractivity contribution is 7.99. The first-order valence-corrected chi connectivity index (χ1v) is 6.86. The van der Waals surface area contributed by atoms with Gasteiger partial charge in [0.25, 0.3) is 0 Å². The number of benzene rings is 2. The molecule has 0 aromatic heterocycles. The van der Waals surface area contributed by atoms with Crippen molar-refractivity contribution < 1.29 is 9.53 Å². The minimum Gasteiger partial charge on any atom is -0.450 e. The van der Waals surface area contributed by atoms with Crippen molar-refractivity contribution in [2.75, 3.05) is 11.9 Å². The third-order valence-electron chi connectivity index (χ3n) is 2.36. The Morgan fingerprint density at radius 3 is 2.32 bits per heavy atom. The summed E-state index contributed by atoms with van der Waals surface area (Å²) in [5, 5.41) is 2.66. The number of anilines is 1. The molecule has 0 aliphatic heterocycles. The maximum absolute atomic E-state index is 11.2. The van der Waals surface area contributed by atoms with Gasteiger partial charge in [-0.25, -0.2) is 4.79 Å². The number of carbonyl (C=O) groups is 1. The van der Waals surface area contributed by atoms with Gasteiger partial charge in [0.1, 0.15) is 0 Å². The first kappa shape index (κ1) is 13.5. The van der Waals surface area contributed by atoms with Crippen LogP contribution in [0.3, 0.4) is 0 Å². The number of amides is 1. The number of hydrogen-bond donors (Lipinski definition) is 1. The lowest BCUT2D eigenvalue weighted by Gasteiger charge is -2.06. The monoisotopic (exact) mass is 273 g/mol. The Kier molecular flexibility index (Phi) is 4.86. The molecule has 0 saturated heterocycles. The summed E-state index contributed by atoms with van der Waals surface area (Å²) in [6.45, 7) is 2.15.